The summed E-state index contributed by atoms with van der Waals surface area (Å²) < 4.78 is 48.1. The van der Waals surface area contributed by atoms with Crippen LogP contribution < -0.4 is 15.0 Å². The Labute approximate surface area is 220 Å². The van der Waals surface area contributed by atoms with Gasteiger partial charge < -0.3 is 29.3 Å². The molecule has 5 rings (SSSR count). The quantitative estimate of drug-likeness (QED) is 0.313. The predicted octanol–water partition coefficient (Wildman–Crippen LogP) is 4.66. The number of carboxylic acid groups (broad SMARTS) is 1. The van der Waals surface area contributed by atoms with E-state index in [2.05, 4.69) is 36.6 Å². The second kappa shape index (κ2) is 11.9. The Morgan fingerprint density at radius 1 is 1.18 bits per heavy atom. The molecule has 1 saturated heterocycles. The van der Waals surface area contributed by atoms with E-state index in [1.165, 1.54) is 0 Å². The summed E-state index contributed by atoms with van der Waals surface area (Å²) in [7, 11) is 1.69. The van der Waals surface area contributed by atoms with Gasteiger partial charge in [-0.2, -0.15) is 18.3 Å². The zero-order valence-electron chi connectivity index (χ0n) is 21.0. The monoisotopic (exact) mass is 546 g/mol. The zero-order valence-corrected chi connectivity index (χ0v) is 21.0. The Bertz CT molecular complexity index is 1420. The Morgan fingerprint density at radius 3 is 2.56 bits per heavy atom. The van der Waals surface area contributed by atoms with Gasteiger partial charge in [-0.15, -0.1) is 0 Å². The molecule has 0 radical (unpaired) electrons. The average molecular weight is 547 g/mol. The van der Waals surface area contributed by atoms with Crippen molar-refractivity contribution in [2.24, 2.45) is 0 Å². The molecule has 14 heteroatoms. The van der Waals surface area contributed by atoms with Gasteiger partial charge in [-0.25, -0.2) is 9.78 Å². The lowest BCUT2D eigenvalue weighted by Crippen LogP contribution is -2.36. The number of nitrogens with one attached hydrogen (secondary N) is 2. The number of carboxylic acids is 1. The van der Waals surface area contributed by atoms with Gasteiger partial charge in [0, 0.05) is 47.9 Å². The third-order valence-corrected chi connectivity index (χ3v) is 5.77. The van der Waals surface area contributed by atoms with Crippen LogP contribution in [0.25, 0.3) is 22.4 Å². The molecular weight excluding hydrogens is 521 g/mol. The van der Waals surface area contributed by atoms with Gasteiger partial charge in [0.15, 0.2) is 0 Å². The van der Waals surface area contributed by atoms with Crippen LogP contribution in [0, 0.1) is 6.92 Å². The van der Waals surface area contributed by atoms with Gasteiger partial charge in [0.05, 0.1) is 37.8 Å². The number of H-pyrrole nitrogens is 1. The highest BCUT2D eigenvalue weighted by Crippen LogP contribution is 2.35. The lowest BCUT2D eigenvalue weighted by atomic mass is 10.0. The normalized spacial score (nSPS) is 13.4. The molecule has 0 saturated carbocycles. The Hall–Kier alpha value is -4.59. The van der Waals surface area contributed by atoms with E-state index in [0.717, 1.165) is 71.5 Å². The molecule has 39 heavy (non-hydrogen) atoms. The van der Waals surface area contributed by atoms with Crippen molar-refractivity contribution >= 4 is 23.2 Å². The summed E-state index contributed by atoms with van der Waals surface area (Å²) >= 11 is 0. The molecule has 1 aromatic carbocycles. The Kier molecular flexibility index (Phi) is 8.34. The first-order valence-electron chi connectivity index (χ1n) is 11.7. The van der Waals surface area contributed by atoms with Gasteiger partial charge in [-0.1, -0.05) is 5.16 Å². The van der Waals surface area contributed by atoms with Gasteiger partial charge in [-0.3, -0.25) is 5.10 Å². The predicted molar refractivity (Wildman–Crippen MR) is 135 cm³/mol. The van der Waals surface area contributed by atoms with Crippen LogP contribution in [0.4, 0.5) is 30.4 Å². The van der Waals surface area contributed by atoms with Crippen LogP contribution >= 0.6 is 0 Å². The maximum atomic E-state index is 10.6. The van der Waals surface area contributed by atoms with Crippen LogP contribution in [0.2, 0.25) is 0 Å². The van der Waals surface area contributed by atoms with Crippen LogP contribution in [0.3, 0.4) is 0 Å². The number of anilines is 3. The fourth-order valence-corrected chi connectivity index (χ4v) is 3.87. The number of methoxy groups -OCH3 is 1. The number of aromatic nitrogens is 4. The molecule has 3 N–H and O–H groups in total. The minimum Gasteiger partial charge on any atom is -0.495 e. The van der Waals surface area contributed by atoms with E-state index in [-0.39, 0.29) is 0 Å². The fourth-order valence-electron chi connectivity index (χ4n) is 3.87. The summed E-state index contributed by atoms with van der Waals surface area (Å²) in [6.07, 6.45) is 0.0711. The van der Waals surface area contributed by atoms with Crippen molar-refractivity contribution < 1.29 is 37.1 Å². The van der Waals surface area contributed by atoms with Crippen molar-refractivity contribution in [2.45, 2.75) is 13.1 Å². The number of rotatable bonds is 6. The molecular formula is C25H25F3N6O5. The number of carbonyl (C=O) groups is 1. The lowest BCUT2D eigenvalue weighted by Gasteiger charge is -2.30. The lowest BCUT2D eigenvalue weighted by molar-refractivity contribution is -0.192. The Balaban J connectivity index is 0.000000448. The van der Waals surface area contributed by atoms with Crippen LogP contribution in [0.15, 0.2) is 53.5 Å². The summed E-state index contributed by atoms with van der Waals surface area (Å²) in [4.78, 5) is 15.6. The molecule has 4 heterocycles. The van der Waals surface area contributed by atoms with Crippen molar-refractivity contribution in [3.8, 4) is 28.1 Å². The highest BCUT2D eigenvalue weighted by molar-refractivity contribution is 5.81. The Morgan fingerprint density at radius 2 is 1.92 bits per heavy atom. The molecule has 1 aliphatic rings. The number of benzene rings is 1. The molecule has 11 nitrogen and oxygen atoms in total. The maximum Gasteiger partial charge on any atom is 0.490 e. The number of aliphatic carboxylic acids is 1. The summed E-state index contributed by atoms with van der Waals surface area (Å²) in [5, 5.41) is 21.8. The summed E-state index contributed by atoms with van der Waals surface area (Å²) in [5.74, 6) is -1.25. The molecule has 1 fully saturated rings. The number of alkyl halides is 3. The SMILES string of the molecule is COc1cc(Nc2cc(-c3nocc3-c3cn[nH]c3C)ccn2)ccc1N1CCOCC1.O=C(O)C(F)(F)F. The van der Waals surface area contributed by atoms with Crippen LogP contribution in [0.1, 0.15) is 5.69 Å². The van der Waals surface area contributed by atoms with Gasteiger partial charge in [-0.05, 0) is 31.2 Å². The number of hydrogen-bond acceptors (Lipinski definition) is 9. The zero-order chi connectivity index (χ0) is 28.0. The van der Waals surface area contributed by atoms with E-state index in [1.54, 1.807) is 25.8 Å². The van der Waals surface area contributed by atoms with Gasteiger partial charge in [0.2, 0.25) is 0 Å². The van der Waals surface area contributed by atoms with Crippen LogP contribution in [-0.4, -0.2) is 71.0 Å². The number of nitrogens with zero attached hydrogens (tertiary/aromatic N) is 4. The van der Waals surface area contributed by atoms with Crippen molar-refractivity contribution in [2.75, 3.05) is 43.6 Å². The van der Waals surface area contributed by atoms with E-state index in [9.17, 15) is 13.2 Å². The summed E-state index contributed by atoms with van der Waals surface area (Å²) in [5.41, 5.74) is 6.36. The highest BCUT2D eigenvalue weighted by Gasteiger charge is 2.38. The van der Waals surface area contributed by atoms with Crippen LogP contribution in [0.5, 0.6) is 5.75 Å². The molecule has 206 valence electrons. The van der Waals surface area contributed by atoms with Gasteiger partial charge in [0.1, 0.15) is 23.5 Å². The topological polar surface area (TPSA) is 139 Å². The average Bonchev–Trinajstić information content (AvgIpc) is 3.58. The van der Waals surface area contributed by atoms with Crippen LogP contribution in [-0.2, 0) is 9.53 Å². The summed E-state index contributed by atoms with van der Waals surface area (Å²) in [6, 6.07) is 9.92. The minimum absolute atomic E-state index is 0.696. The second-order valence-corrected chi connectivity index (χ2v) is 8.33. The first kappa shape index (κ1) is 27.4. The molecule has 1 aliphatic heterocycles. The number of hydrogen-bond donors (Lipinski definition) is 3. The summed E-state index contributed by atoms with van der Waals surface area (Å²) in [6.45, 7) is 5.11. The fraction of sp³-hybridized carbons (Fsp3) is 0.280. The second-order valence-electron chi connectivity index (χ2n) is 8.33. The first-order valence-corrected chi connectivity index (χ1v) is 11.7. The number of aromatic amines is 1. The molecule has 4 aromatic rings. The highest BCUT2D eigenvalue weighted by atomic mass is 19.4. The van der Waals surface area contributed by atoms with E-state index in [1.807, 2.05) is 31.2 Å². The number of aryl methyl sites for hydroxylation is 1. The van der Waals surface area contributed by atoms with E-state index < -0.39 is 12.1 Å². The molecule has 3 aromatic heterocycles. The largest absolute Gasteiger partial charge is 0.495 e. The molecule has 0 atom stereocenters. The van der Waals surface area contributed by atoms with E-state index in [4.69, 9.17) is 23.9 Å². The standard InChI is InChI=1S/C23H24N6O3.C2HF3O2/c1-15-18(13-25-27-15)19-14-32-28-23(19)16-5-6-24-22(11-16)26-17-3-4-20(21(12-17)30-2)29-7-9-31-10-8-29;3-2(4,5)1(6)7/h3-6,11-14H,7-10H2,1-2H3,(H,24,26)(H,25,27);(H,6,7). The van der Waals surface area contributed by atoms with E-state index in [0.29, 0.717) is 5.82 Å². The van der Waals surface area contributed by atoms with E-state index >= 15 is 0 Å². The molecule has 0 unspecified atom stereocenters. The van der Waals surface area contributed by atoms with Crippen molar-refractivity contribution in [3.05, 3.63) is 54.7 Å². The van der Waals surface area contributed by atoms with Gasteiger partial charge >= 0.3 is 12.1 Å². The smallest absolute Gasteiger partial charge is 0.490 e. The molecule has 0 spiro atoms. The minimum atomic E-state index is -5.08. The first-order chi connectivity index (χ1) is 18.7. The number of morpholine rings is 1. The maximum absolute atomic E-state index is 10.6. The molecule has 0 aliphatic carbocycles. The van der Waals surface area contributed by atoms with Crippen molar-refractivity contribution in [1.29, 1.82) is 0 Å². The third-order valence-electron chi connectivity index (χ3n) is 5.77. The van der Waals surface area contributed by atoms with Crippen molar-refractivity contribution in [3.63, 3.8) is 0 Å². The number of ether oxygens (including phenoxy) is 2. The third kappa shape index (κ3) is 6.65. The molecule has 0 amide bonds. The number of halogens is 3. The van der Waals surface area contributed by atoms with Gasteiger partial charge in [0.25, 0.3) is 0 Å². The van der Waals surface area contributed by atoms with Crippen molar-refractivity contribution in [1.82, 2.24) is 20.3 Å². The number of pyridine rings is 1. The molecule has 0 bridgehead atoms.